The number of rotatable bonds is 8. The lowest BCUT2D eigenvalue weighted by Gasteiger charge is -2.25. The van der Waals surface area contributed by atoms with Crippen molar-refractivity contribution in [1.82, 2.24) is 4.90 Å². The standard InChI is InChI=1S/C27H29NO4/c1-4-16-28-17-23(25(29)22-11-7-9-18-8-5-6-10-21(18)22)24(27(28)30)26(32-3)19-12-14-20(31-2)15-13-19/h5-15,23-24,26H,4,16-17H2,1-3H3/t23-,24-,26?/m1/s1. The molecule has 0 bridgehead atoms. The summed E-state index contributed by atoms with van der Waals surface area (Å²) in [7, 11) is 3.22. The van der Waals surface area contributed by atoms with E-state index in [1.807, 2.05) is 78.6 Å². The van der Waals surface area contributed by atoms with E-state index >= 15 is 0 Å². The highest BCUT2D eigenvalue weighted by atomic mass is 16.5. The summed E-state index contributed by atoms with van der Waals surface area (Å²) in [6, 6.07) is 21.2. The highest BCUT2D eigenvalue weighted by Crippen LogP contribution is 2.40. The fourth-order valence-electron chi connectivity index (χ4n) is 4.81. The molecule has 1 fully saturated rings. The molecule has 1 aliphatic rings. The van der Waals surface area contributed by atoms with Crippen LogP contribution in [0, 0.1) is 11.8 Å². The molecule has 0 spiro atoms. The minimum atomic E-state index is -0.577. The van der Waals surface area contributed by atoms with Crippen LogP contribution in [-0.4, -0.2) is 43.9 Å². The quantitative estimate of drug-likeness (QED) is 0.476. The normalized spacial score (nSPS) is 19.3. The van der Waals surface area contributed by atoms with Crippen molar-refractivity contribution in [3.63, 3.8) is 0 Å². The Kier molecular flexibility index (Phi) is 6.56. The summed E-state index contributed by atoms with van der Waals surface area (Å²) in [4.78, 5) is 29.1. The summed E-state index contributed by atoms with van der Waals surface area (Å²) >= 11 is 0. The van der Waals surface area contributed by atoms with Gasteiger partial charge >= 0.3 is 0 Å². The maximum absolute atomic E-state index is 13.9. The summed E-state index contributed by atoms with van der Waals surface area (Å²) in [5.41, 5.74) is 1.52. The number of hydrogen-bond acceptors (Lipinski definition) is 4. The SMILES string of the molecule is CCCN1C[C@@H](C(=O)c2cccc3ccccc23)[C@H](C(OC)c2ccc(OC)cc2)C1=O. The van der Waals surface area contributed by atoms with E-state index in [4.69, 9.17) is 9.47 Å². The van der Waals surface area contributed by atoms with Crippen molar-refractivity contribution in [1.29, 1.82) is 0 Å². The largest absolute Gasteiger partial charge is 0.497 e. The minimum absolute atomic E-state index is 0.00526. The van der Waals surface area contributed by atoms with Gasteiger partial charge in [0, 0.05) is 25.8 Å². The zero-order valence-electron chi connectivity index (χ0n) is 18.8. The van der Waals surface area contributed by atoms with E-state index in [0.717, 1.165) is 28.5 Å². The van der Waals surface area contributed by atoms with Crippen LogP contribution in [-0.2, 0) is 9.53 Å². The lowest BCUT2D eigenvalue weighted by Crippen LogP contribution is -2.32. The summed E-state index contributed by atoms with van der Waals surface area (Å²) in [6.07, 6.45) is 0.326. The van der Waals surface area contributed by atoms with Gasteiger partial charge in [-0.3, -0.25) is 9.59 Å². The van der Waals surface area contributed by atoms with E-state index in [9.17, 15) is 9.59 Å². The number of likely N-dealkylation sites (tertiary alicyclic amines) is 1. The number of hydrogen-bond donors (Lipinski definition) is 0. The molecule has 0 N–H and O–H groups in total. The molecule has 1 amide bonds. The Balaban J connectivity index is 1.75. The third kappa shape index (κ3) is 4.00. The van der Waals surface area contributed by atoms with Gasteiger partial charge in [0.1, 0.15) is 5.75 Å². The number of fused-ring (bicyclic) bond motifs is 1. The molecule has 0 aromatic heterocycles. The van der Waals surface area contributed by atoms with Gasteiger partial charge in [0.05, 0.1) is 25.0 Å². The van der Waals surface area contributed by atoms with Crippen molar-refractivity contribution < 1.29 is 19.1 Å². The van der Waals surface area contributed by atoms with E-state index in [0.29, 0.717) is 18.7 Å². The lowest BCUT2D eigenvalue weighted by molar-refractivity contribution is -0.135. The summed E-state index contributed by atoms with van der Waals surface area (Å²) in [5.74, 6) is -0.349. The summed E-state index contributed by atoms with van der Waals surface area (Å²) in [6.45, 7) is 3.09. The molecule has 5 nitrogen and oxygen atoms in total. The fraction of sp³-hybridized carbons (Fsp3) is 0.333. The van der Waals surface area contributed by atoms with Crippen molar-refractivity contribution >= 4 is 22.5 Å². The molecular formula is C27H29NO4. The van der Waals surface area contributed by atoms with Crippen molar-refractivity contribution in [3.05, 3.63) is 77.9 Å². The van der Waals surface area contributed by atoms with Gasteiger partial charge in [-0.25, -0.2) is 0 Å². The average Bonchev–Trinajstić information content (AvgIpc) is 3.15. The van der Waals surface area contributed by atoms with Gasteiger partial charge in [0.15, 0.2) is 5.78 Å². The van der Waals surface area contributed by atoms with Crippen LogP contribution in [0.5, 0.6) is 5.75 Å². The van der Waals surface area contributed by atoms with Crippen LogP contribution in [0.4, 0.5) is 0 Å². The molecule has 0 saturated carbocycles. The van der Waals surface area contributed by atoms with Gasteiger partial charge in [-0.05, 0) is 34.9 Å². The van der Waals surface area contributed by atoms with Gasteiger partial charge in [-0.2, -0.15) is 0 Å². The molecule has 4 rings (SSSR count). The van der Waals surface area contributed by atoms with Gasteiger partial charge < -0.3 is 14.4 Å². The molecule has 0 aliphatic carbocycles. The maximum atomic E-state index is 13.9. The molecule has 166 valence electrons. The molecule has 1 aliphatic heterocycles. The Hall–Kier alpha value is -3.18. The summed E-state index contributed by atoms with van der Waals surface area (Å²) in [5, 5.41) is 1.93. The van der Waals surface area contributed by atoms with Gasteiger partial charge in [-0.15, -0.1) is 0 Å². The number of nitrogens with zero attached hydrogens (tertiary/aromatic N) is 1. The van der Waals surface area contributed by atoms with Crippen LogP contribution >= 0.6 is 0 Å². The molecule has 5 heteroatoms. The Morgan fingerprint density at radius 1 is 1.03 bits per heavy atom. The molecule has 3 atom stereocenters. The van der Waals surface area contributed by atoms with E-state index in [1.54, 1.807) is 14.2 Å². The zero-order valence-corrected chi connectivity index (χ0v) is 18.8. The fourth-order valence-corrected chi connectivity index (χ4v) is 4.81. The third-order valence-corrected chi connectivity index (χ3v) is 6.36. The van der Waals surface area contributed by atoms with Crippen LogP contribution in [0.1, 0.15) is 35.4 Å². The van der Waals surface area contributed by atoms with E-state index in [2.05, 4.69) is 0 Å². The van der Waals surface area contributed by atoms with Gasteiger partial charge in [0.2, 0.25) is 5.91 Å². The van der Waals surface area contributed by atoms with Crippen LogP contribution < -0.4 is 4.74 Å². The average molecular weight is 432 g/mol. The Bertz CT molecular complexity index is 1100. The number of benzene rings is 3. The number of methoxy groups -OCH3 is 2. The Morgan fingerprint density at radius 3 is 2.44 bits per heavy atom. The molecule has 1 unspecified atom stereocenters. The molecule has 3 aromatic rings. The Morgan fingerprint density at radius 2 is 1.75 bits per heavy atom. The predicted molar refractivity (Wildman–Crippen MR) is 125 cm³/mol. The third-order valence-electron chi connectivity index (χ3n) is 6.36. The first-order valence-corrected chi connectivity index (χ1v) is 11.1. The number of Topliss-reactive ketones (excluding diaryl/α,β-unsaturated/α-hetero) is 1. The molecule has 1 saturated heterocycles. The monoisotopic (exact) mass is 431 g/mol. The molecule has 1 heterocycles. The first-order valence-electron chi connectivity index (χ1n) is 11.1. The topological polar surface area (TPSA) is 55.8 Å². The minimum Gasteiger partial charge on any atom is -0.497 e. The lowest BCUT2D eigenvalue weighted by atomic mass is 9.81. The first kappa shape index (κ1) is 22.0. The first-order chi connectivity index (χ1) is 15.6. The summed E-state index contributed by atoms with van der Waals surface area (Å²) < 4.78 is 11.1. The van der Waals surface area contributed by atoms with Crippen LogP contribution in [0.3, 0.4) is 0 Å². The smallest absolute Gasteiger partial charge is 0.229 e. The van der Waals surface area contributed by atoms with Crippen LogP contribution in [0.2, 0.25) is 0 Å². The number of carbonyl (C=O) groups excluding carboxylic acids is 2. The van der Waals surface area contributed by atoms with Gasteiger partial charge in [0.25, 0.3) is 0 Å². The highest BCUT2D eigenvalue weighted by molar-refractivity contribution is 6.11. The molecular weight excluding hydrogens is 402 g/mol. The molecule has 3 aromatic carbocycles. The molecule has 0 radical (unpaired) electrons. The van der Waals surface area contributed by atoms with E-state index in [1.165, 1.54) is 0 Å². The second-order valence-corrected chi connectivity index (χ2v) is 8.24. The van der Waals surface area contributed by atoms with E-state index < -0.39 is 17.9 Å². The number of ether oxygens (including phenoxy) is 2. The second-order valence-electron chi connectivity index (χ2n) is 8.24. The Labute approximate surface area is 188 Å². The van der Waals surface area contributed by atoms with Crippen molar-refractivity contribution in [2.45, 2.75) is 19.4 Å². The second kappa shape index (κ2) is 9.53. The number of carbonyl (C=O) groups is 2. The van der Waals surface area contributed by atoms with E-state index in [-0.39, 0.29) is 11.7 Å². The maximum Gasteiger partial charge on any atom is 0.229 e. The highest BCUT2D eigenvalue weighted by Gasteiger charge is 2.48. The van der Waals surface area contributed by atoms with Crippen molar-refractivity contribution in [2.24, 2.45) is 11.8 Å². The van der Waals surface area contributed by atoms with Gasteiger partial charge in [-0.1, -0.05) is 61.5 Å². The number of ketones is 1. The van der Waals surface area contributed by atoms with Crippen LogP contribution in [0.15, 0.2) is 66.7 Å². The van der Waals surface area contributed by atoms with Crippen LogP contribution in [0.25, 0.3) is 10.8 Å². The van der Waals surface area contributed by atoms with Crippen molar-refractivity contribution in [3.8, 4) is 5.75 Å². The zero-order chi connectivity index (χ0) is 22.7. The molecule has 32 heavy (non-hydrogen) atoms. The predicted octanol–water partition coefficient (Wildman–Crippen LogP) is 4.90. The van der Waals surface area contributed by atoms with Crippen molar-refractivity contribution in [2.75, 3.05) is 27.3 Å². The number of amides is 1.